The molecule has 0 aliphatic heterocycles. The standard InChI is InChI=1S/C14H21N3O4/c1-3-8-16(4-2)9-7-15-13-10-11(17(20)21)5-6-12(13)14(18)19/h5-6,10,15H,3-4,7-9H2,1-2H3,(H,18,19). The van der Waals surface area contributed by atoms with Gasteiger partial charge in [-0.3, -0.25) is 10.1 Å². The van der Waals surface area contributed by atoms with Gasteiger partial charge in [0, 0.05) is 25.2 Å². The van der Waals surface area contributed by atoms with E-state index in [4.69, 9.17) is 5.11 Å². The topological polar surface area (TPSA) is 95.7 Å². The van der Waals surface area contributed by atoms with Crippen LogP contribution in [0, 0.1) is 10.1 Å². The van der Waals surface area contributed by atoms with Crippen LogP contribution < -0.4 is 5.32 Å². The molecule has 116 valence electrons. The van der Waals surface area contributed by atoms with Crippen molar-refractivity contribution in [3.8, 4) is 0 Å². The van der Waals surface area contributed by atoms with Crippen LogP contribution in [0.1, 0.15) is 30.6 Å². The summed E-state index contributed by atoms with van der Waals surface area (Å²) in [5, 5.41) is 22.9. The van der Waals surface area contributed by atoms with Crippen LogP contribution in [0.2, 0.25) is 0 Å². The Hall–Kier alpha value is -2.15. The van der Waals surface area contributed by atoms with Crippen molar-refractivity contribution in [1.29, 1.82) is 0 Å². The fourth-order valence-electron chi connectivity index (χ4n) is 2.07. The van der Waals surface area contributed by atoms with Gasteiger partial charge in [0.1, 0.15) is 0 Å². The van der Waals surface area contributed by atoms with E-state index in [2.05, 4.69) is 24.1 Å². The van der Waals surface area contributed by atoms with E-state index in [9.17, 15) is 14.9 Å². The molecule has 21 heavy (non-hydrogen) atoms. The lowest BCUT2D eigenvalue weighted by Crippen LogP contribution is -2.29. The predicted octanol–water partition coefficient (Wildman–Crippen LogP) is 2.44. The molecule has 7 nitrogen and oxygen atoms in total. The second-order valence-corrected chi connectivity index (χ2v) is 4.65. The molecule has 1 rings (SSSR count). The second-order valence-electron chi connectivity index (χ2n) is 4.65. The first kappa shape index (κ1) is 16.9. The van der Waals surface area contributed by atoms with Crippen LogP contribution in [0.4, 0.5) is 11.4 Å². The zero-order valence-electron chi connectivity index (χ0n) is 12.3. The van der Waals surface area contributed by atoms with Crippen molar-refractivity contribution in [3.63, 3.8) is 0 Å². The third-order valence-electron chi connectivity index (χ3n) is 3.17. The van der Waals surface area contributed by atoms with E-state index in [1.165, 1.54) is 18.2 Å². The molecular weight excluding hydrogens is 274 g/mol. The van der Waals surface area contributed by atoms with E-state index in [0.717, 1.165) is 26.1 Å². The fraction of sp³-hybridized carbons (Fsp3) is 0.500. The normalized spacial score (nSPS) is 10.6. The van der Waals surface area contributed by atoms with E-state index in [1.807, 2.05) is 0 Å². The lowest BCUT2D eigenvalue weighted by molar-refractivity contribution is -0.384. The molecule has 0 saturated carbocycles. The number of aromatic carboxylic acids is 1. The van der Waals surface area contributed by atoms with Crippen LogP contribution in [0.5, 0.6) is 0 Å². The molecule has 0 radical (unpaired) electrons. The first-order valence-corrected chi connectivity index (χ1v) is 6.97. The van der Waals surface area contributed by atoms with Crippen molar-refractivity contribution >= 4 is 17.3 Å². The summed E-state index contributed by atoms with van der Waals surface area (Å²) in [5.41, 5.74) is 0.201. The Labute approximate surface area is 123 Å². The number of rotatable bonds is 9. The van der Waals surface area contributed by atoms with Gasteiger partial charge in [-0.1, -0.05) is 13.8 Å². The van der Waals surface area contributed by atoms with Crippen molar-refractivity contribution in [3.05, 3.63) is 33.9 Å². The molecule has 0 aliphatic rings. The monoisotopic (exact) mass is 295 g/mol. The summed E-state index contributed by atoms with van der Waals surface area (Å²) >= 11 is 0. The van der Waals surface area contributed by atoms with Crippen molar-refractivity contribution in [1.82, 2.24) is 4.90 Å². The molecule has 2 N–H and O–H groups in total. The number of nitrogens with zero attached hydrogens (tertiary/aromatic N) is 2. The number of nitrogens with one attached hydrogen (secondary N) is 1. The van der Waals surface area contributed by atoms with E-state index in [-0.39, 0.29) is 16.9 Å². The maximum Gasteiger partial charge on any atom is 0.337 e. The average Bonchev–Trinajstić information content (AvgIpc) is 2.45. The largest absolute Gasteiger partial charge is 0.478 e. The van der Waals surface area contributed by atoms with E-state index in [1.54, 1.807) is 0 Å². The summed E-state index contributed by atoms with van der Waals surface area (Å²) in [6, 6.07) is 3.72. The van der Waals surface area contributed by atoms with Crippen molar-refractivity contribution in [2.24, 2.45) is 0 Å². The number of non-ortho nitro benzene ring substituents is 1. The Morgan fingerprint density at radius 2 is 2.10 bits per heavy atom. The lowest BCUT2D eigenvalue weighted by atomic mass is 10.1. The van der Waals surface area contributed by atoms with Gasteiger partial charge < -0.3 is 15.3 Å². The Kier molecular flexibility index (Phi) is 6.61. The van der Waals surface area contributed by atoms with Gasteiger partial charge in [-0.05, 0) is 25.6 Å². The minimum Gasteiger partial charge on any atom is -0.478 e. The number of anilines is 1. The SMILES string of the molecule is CCCN(CC)CCNc1cc([N+](=O)[O-])ccc1C(=O)O. The van der Waals surface area contributed by atoms with E-state index >= 15 is 0 Å². The number of benzene rings is 1. The number of carboxylic acids is 1. The van der Waals surface area contributed by atoms with Crippen LogP contribution >= 0.6 is 0 Å². The first-order chi connectivity index (χ1) is 9.99. The number of nitro benzene ring substituents is 1. The van der Waals surface area contributed by atoms with Crippen LogP contribution in [-0.4, -0.2) is 47.1 Å². The molecule has 0 spiro atoms. The van der Waals surface area contributed by atoms with E-state index in [0.29, 0.717) is 6.54 Å². The Morgan fingerprint density at radius 1 is 1.38 bits per heavy atom. The van der Waals surface area contributed by atoms with Crippen LogP contribution in [0.25, 0.3) is 0 Å². The van der Waals surface area contributed by atoms with Gasteiger partial charge in [-0.2, -0.15) is 0 Å². The molecule has 0 atom stereocenters. The van der Waals surface area contributed by atoms with Crippen molar-refractivity contribution < 1.29 is 14.8 Å². The first-order valence-electron chi connectivity index (χ1n) is 6.97. The maximum atomic E-state index is 11.1. The molecular formula is C14H21N3O4. The molecule has 7 heteroatoms. The minimum absolute atomic E-state index is 0.0409. The Morgan fingerprint density at radius 3 is 2.62 bits per heavy atom. The number of likely N-dealkylation sites (N-methyl/N-ethyl adjacent to an activating group) is 1. The highest BCUT2D eigenvalue weighted by Crippen LogP contribution is 2.22. The van der Waals surface area contributed by atoms with Gasteiger partial charge in [0.05, 0.1) is 16.2 Å². The highest BCUT2D eigenvalue weighted by atomic mass is 16.6. The number of hydrogen-bond donors (Lipinski definition) is 2. The highest BCUT2D eigenvalue weighted by Gasteiger charge is 2.15. The summed E-state index contributed by atoms with van der Waals surface area (Å²) in [4.78, 5) is 23.6. The molecule has 0 bridgehead atoms. The molecule has 0 saturated heterocycles. The zero-order valence-corrected chi connectivity index (χ0v) is 12.3. The number of hydrogen-bond acceptors (Lipinski definition) is 5. The third-order valence-corrected chi connectivity index (χ3v) is 3.17. The number of carbonyl (C=O) groups is 1. The molecule has 1 aromatic rings. The van der Waals surface area contributed by atoms with Gasteiger partial charge in [0.25, 0.3) is 5.69 Å². The molecule has 0 unspecified atom stereocenters. The zero-order chi connectivity index (χ0) is 15.8. The summed E-state index contributed by atoms with van der Waals surface area (Å²) in [5.74, 6) is -1.10. The fourth-order valence-corrected chi connectivity index (χ4v) is 2.07. The molecule has 1 aromatic carbocycles. The van der Waals surface area contributed by atoms with Gasteiger partial charge in [-0.15, -0.1) is 0 Å². The maximum absolute atomic E-state index is 11.1. The highest BCUT2D eigenvalue weighted by molar-refractivity contribution is 5.94. The van der Waals surface area contributed by atoms with Crippen LogP contribution in [-0.2, 0) is 0 Å². The Balaban J connectivity index is 2.78. The molecule has 0 heterocycles. The summed E-state index contributed by atoms with van der Waals surface area (Å²) < 4.78 is 0. The smallest absolute Gasteiger partial charge is 0.337 e. The summed E-state index contributed by atoms with van der Waals surface area (Å²) in [6.45, 7) is 7.33. The molecule has 0 fully saturated rings. The number of carboxylic acid groups (broad SMARTS) is 1. The Bertz CT molecular complexity index is 505. The van der Waals surface area contributed by atoms with Gasteiger partial charge in [0.15, 0.2) is 0 Å². The van der Waals surface area contributed by atoms with Gasteiger partial charge in [0.2, 0.25) is 0 Å². The average molecular weight is 295 g/mol. The minimum atomic E-state index is -1.10. The van der Waals surface area contributed by atoms with Gasteiger partial charge in [-0.25, -0.2) is 4.79 Å². The second kappa shape index (κ2) is 8.21. The molecule has 0 amide bonds. The summed E-state index contributed by atoms with van der Waals surface area (Å²) in [7, 11) is 0. The molecule has 0 aliphatic carbocycles. The van der Waals surface area contributed by atoms with E-state index < -0.39 is 10.9 Å². The van der Waals surface area contributed by atoms with Crippen LogP contribution in [0.3, 0.4) is 0 Å². The number of nitro groups is 1. The van der Waals surface area contributed by atoms with Crippen molar-refractivity contribution in [2.45, 2.75) is 20.3 Å². The predicted molar refractivity (Wildman–Crippen MR) is 81.0 cm³/mol. The van der Waals surface area contributed by atoms with Crippen molar-refractivity contribution in [2.75, 3.05) is 31.5 Å². The lowest BCUT2D eigenvalue weighted by Gasteiger charge is -2.20. The van der Waals surface area contributed by atoms with Gasteiger partial charge >= 0.3 is 5.97 Å². The molecule has 0 aromatic heterocycles. The van der Waals surface area contributed by atoms with Crippen LogP contribution in [0.15, 0.2) is 18.2 Å². The third kappa shape index (κ3) is 5.03. The summed E-state index contributed by atoms with van der Waals surface area (Å²) in [6.07, 6.45) is 1.05. The quantitative estimate of drug-likeness (QED) is 0.536.